The van der Waals surface area contributed by atoms with Crippen LogP contribution in [0.2, 0.25) is 0 Å². The fraction of sp³-hybridized carbons (Fsp3) is 0.600. The highest BCUT2D eigenvalue weighted by Crippen LogP contribution is 2.07. The highest BCUT2D eigenvalue weighted by atomic mass is 16.3. The fourth-order valence-electron chi connectivity index (χ4n) is 1.44. The molecule has 16 heavy (non-hydrogen) atoms. The Kier molecular flexibility index (Phi) is 4.03. The number of nitrogens with two attached hydrogens (primary N) is 1. The Balaban J connectivity index is 2.47. The molecule has 0 aliphatic heterocycles. The maximum absolute atomic E-state index is 10.0. The first-order valence-corrected chi connectivity index (χ1v) is 5.07. The molecule has 0 saturated heterocycles. The second-order valence-corrected chi connectivity index (χ2v) is 4.43. The van der Waals surface area contributed by atoms with Crippen molar-refractivity contribution in [3.8, 4) is 0 Å². The normalized spacial score (nSPS) is 14.8. The summed E-state index contributed by atoms with van der Waals surface area (Å²) >= 11 is 0. The first-order valence-electron chi connectivity index (χ1n) is 5.07. The number of nitrogens with zero attached hydrogens (tertiary/aromatic N) is 3. The van der Waals surface area contributed by atoms with Gasteiger partial charge in [-0.2, -0.15) is 0 Å². The van der Waals surface area contributed by atoms with Gasteiger partial charge in [0.25, 0.3) is 0 Å². The smallest absolute Gasteiger partial charge is 0.222 e. The van der Waals surface area contributed by atoms with Gasteiger partial charge in [0.15, 0.2) is 0 Å². The molecule has 1 aromatic rings. The van der Waals surface area contributed by atoms with Crippen LogP contribution in [0.5, 0.6) is 0 Å². The number of likely N-dealkylation sites (N-methyl/N-ethyl adjacent to an activating group) is 1. The highest BCUT2D eigenvalue weighted by molar-refractivity contribution is 5.36. The molecule has 1 aromatic heterocycles. The number of rotatable bonds is 5. The van der Waals surface area contributed by atoms with E-state index in [-0.39, 0.29) is 0 Å². The molecule has 6 nitrogen and oxygen atoms in total. The molecule has 4 N–H and O–H groups in total. The standard InChI is InChI=1S/C10H19N5O/c1-10(16,7-15(2)3)6-14-9-12-4-8(11)5-13-9/h4-5,16H,6-7,11H2,1-3H3,(H,12,13,14). The molecule has 1 heterocycles. The molecule has 90 valence electrons. The van der Waals surface area contributed by atoms with Crippen LogP contribution in [0.15, 0.2) is 12.4 Å². The molecule has 0 radical (unpaired) electrons. The monoisotopic (exact) mass is 225 g/mol. The number of hydrogen-bond acceptors (Lipinski definition) is 6. The highest BCUT2D eigenvalue weighted by Gasteiger charge is 2.21. The molecule has 0 aliphatic carbocycles. The van der Waals surface area contributed by atoms with Crippen LogP contribution in [0, 0.1) is 0 Å². The maximum atomic E-state index is 10.0. The number of anilines is 2. The quantitative estimate of drug-likeness (QED) is 0.642. The molecule has 0 spiro atoms. The number of aromatic nitrogens is 2. The number of hydrogen-bond donors (Lipinski definition) is 3. The van der Waals surface area contributed by atoms with E-state index < -0.39 is 5.60 Å². The van der Waals surface area contributed by atoms with E-state index >= 15 is 0 Å². The molecule has 1 unspecified atom stereocenters. The van der Waals surface area contributed by atoms with Crippen molar-refractivity contribution in [2.75, 3.05) is 38.2 Å². The van der Waals surface area contributed by atoms with E-state index in [0.717, 1.165) is 0 Å². The molecule has 0 amide bonds. The van der Waals surface area contributed by atoms with Crippen molar-refractivity contribution in [2.24, 2.45) is 0 Å². The molecule has 0 fully saturated rings. The van der Waals surface area contributed by atoms with Crippen molar-refractivity contribution in [2.45, 2.75) is 12.5 Å². The van der Waals surface area contributed by atoms with Crippen LogP contribution < -0.4 is 11.1 Å². The van der Waals surface area contributed by atoms with Crippen molar-refractivity contribution in [1.29, 1.82) is 0 Å². The Morgan fingerprint density at radius 3 is 2.50 bits per heavy atom. The number of aliphatic hydroxyl groups is 1. The zero-order valence-corrected chi connectivity index (χ0v) is 9.94. The molecule has 1 rings (SSSR count). The SMILES string of the molecule is CN(C)CC(C)(O)CNc1ncc(N)cn1. The molecular formula is C10H19N5O. The zero-order valence-electron chi connectivity index (χ0n) is 9.94. The molecule has 0 saturated carbocycles. The van der Waals surface area contributed by atoms with Crippen molar-refractivity contribution in [3.63, 3.8) is 0 Å². The van der Waals surface area contributed by atoms with Gasteiger partial charge in [0.1, 0.15) is 0 Å². The lowest BCUT2D eigenvalue weighted by Gasteiger charge is -2.26. The average molecular weight is 225 g/mol. The third kappa shape index (κ3) is 4.41. The van der Waals surface area contributed by atoms with Crippen LogP contribution in [0.3, 0.4) is 0 Å². The van der Waals surface area contributed by atoms with Gasteiger partial charge in [-0.25, -0.2) is 9.97 Å². The van der Waals surface area contributed by atoms with Crippen molar-refractivity contribution < 1.29 is 5.11 Å². The Morgan fingerprint density at radius 2 is 2.00 bits per heavy atom. The van der Waals surface area contributed by atoms with Gasteiger partial charge >= 0.3 is 0 Å². The first kappa shape index (κ1) is 12.7. The maximum Gasteiger partial charge on any atom is 0.222 e. The van der Waals surface area contributed by atoms with Gasteiger partial charge < -0.3 is 21.1 Å². The van der Waals surface area contributed by atoms with E-state index in [9.17, 15) is 5.11 Å². The van der Waals surface area contributed by atoms with Crippen LogP contribution >= 0.6 is 0 Å². The van der Waals surface area contributed by atoms with Gasteiger partial charge in [0.2, 0.25) is 5.95 Å². The van der Waals surface area contributed by atoms with E-state index in [1.54, 1.807) is 6.92 Å². The lowest BCUT2D eigenvalue weighted by atomic mass is 10.1. The molecule has 0 bridgehead atoms. The predicted octanol–water partition coefficient (Wildman–Crippen LogP) is -0.217. The predicted molar refractivity (Wildman–Crippen MR) is 64.1 cm³/mol. The van der Waals surface area contributed by atoms with Crippen molar-refractivity contribution in [1.82, 2.24) is 14.9 Å². The molecular weight excluding hydrogens is 206 g/mol. The minimum absolute atomic E-state index is 0.384. The van der Waals surface area contributed by atoms with E-state index in [1.807, 2.05) is 19.0 Å². The summed E-state index contributed by atoms with van der Waals surface area (Å²) in [5, 5.41) is 13.0. The molecule has 6 heteroatoms. The lowest BCUT2D eigenvalue weighted by Crippen LogP contribution is -2.43. The average Bonchev–Trinajstić information content (AvgIpc) is 2.15. The molecule has 0 aliphatic rings. The van der Waals surface area contributed by atoms with Gasteiger partial charge in [0.05, 0.1) is 23.7 Å². The Bertz CT molecular complexity index is 322. The first-order chi connectivity index (χ1) is 7.39. The van der Waals surface area contributed by atoms with Crippen molar-refractivity contribution in [3.05, 3.63) is 12.4 Å². The van der Waals surface area contributed by atoms with E-state index in [1.165, 1.54) is 12.4 Å². The van der Waals surface area contributed by atoms with Crippen LogP contribution in [0.4, 0.5) is 11.6 Å². The Hall–Kier alpha value is -1.40. The fourth-order valence-corrected chi connectivity index (χ4v) is 1.44. The summed E-state index contributed by atoms with van der Waals surface area (Å²) in [5.74, 6) is 0.466. The topological polar surface area (TPSA) is 87.3 Å². The molecule has 0 aromatic carbocycles. The van der Waals surface area contributed by atoms with Crippen LogP contribution in [0.25, 0.3) is 0 Å². The van der Waals surface area contributed by atoms with Gasteiger partial charge in [-0.15, -0.1) is 0 Å². The van der Waals surface area contributed by atoms with Gasteiger partial charge in [-0.3, -0.25) is 0 Å². The summed E-state index contributed by atoms with van der Waals surface area (Å²) in [4.78, 5) is 9.90. The van der Waals surface area contributed by atoms with Gasteiger partial charge in [-0.1, -0.05) is 0 Å². The minimum atomic E-state index is -0.825. The molecule has 1 atom stereocenters. The van der Waals surface area contributed by atoms with Gasteiger partial charge in [0, 0.05) is 13.1 Å². The summed E-state index contributed by atoms with van der Waals surface area (Å²) in [7, 11) is 3.82. The minimum Gasteiger partial charge on any atom is -0.396 e. The van der Waals surface area contributed by atoms with Crippen LogP contribution in [-0.4, -0.2) is 52.8 Å². The summed E-state index contributed by atoms with van der Waals surface area (Å²) < 4.78 is 0. The van der Waals surface area contributed by atoms with Gasteiger partial charge in [-0.05, 0) is 21.0 Å². The van der Waals surface area contributed by atoms with E-state index in [0.29, 0.717) is 24.7 Å². The largest absolute Gasteiger partial charge is 0.396 e. The second-order valence-electron chi connectivity index (χ2n) is 4.43. The third-order valence-electron chi connectivity index (χ3n) is 1.96. The number of nitrogen functional groups attached to an aromatic ring is 1. The van der Waals surface area contributed by atoms with E-state index in [2.05, 4.69) is 15.3 Å². The Labute approximate surface area is 95.5 Å². The van der Waals surface area contributed by atoms with Crippen LogP contribution in [0.1, 0.15) is 6.92 Å². The number of nitrogens with one attached hydrogen (secondary N) is 1. The summed E-state index contributed by atoms with van der Waals surface area (Å²) in [6, 6.07) is 0. The summed E-state index contributed by atoms with van der Waals surface area (Å²) in [6.45, 7) is 2.71. The summed E-state index contributed by atoms with van der Waals surface area (Å²) in [5.41, 5.74) is 5.16. The van der Waals surface area contributed by atoms with Crippen molar-refractivity contribution >= 4 is 11.6 Å². The van der Waals surface area contributed by atoms with E-state index in [4.69, 9.17) is 5.73 Å². The third-order valence-corrected chi connectivity index (χ3v) is 1.96. The zero-order chi connectivity index (χ0) is 12.2. The Morgan fingerprint density at radius 1 is 1.44 bits per heavy atom. The summed E-state index contributed by atoms with van der Waals surface area (Å²) in [6.07, 6.45) is 3.05. The van der Waals surface area contributed by atoms with Crippen LogP contribution in [-0.2, 0) is 0 Å². The lowest BCUT2D eigenvalue weighted by molar-refractivity contribution is 0.0458. The second kappa shape index (κ2) is 5.09.